The highest BCUT2D eigenvalue weighted by atomic mass is 19.1. The number of hydrogen-bond acceptors (Lipinski definition) is 5. The molecule has 0 saturated carbocycles. The molecule has 0 aliphatic heterocycles. The van der Waals surface area contributed by atoms with Gasteiger partial charge in [0.05, 0.1) is 6.04 Å². The minimum Gasteiger partial charge on any atom is -0.508 e. The molecule has 0 saturated heterocycles. The normalized spacial score (nSPS) is 14.0. The zero-order chi connectivity index (χ0) is 26.3. The fourth-order valence-corrected chi connectivity index (χ4v) is 3.64. The molecule has 0 aliphatic rings. The molecule has 3 atom stereocenters. The molecule has 35 heavy (non-hydrogen) atoms. The summed E-state index contributed by atoms with van der Waals surface area (Å²) >= 11 is 0. The number of aromatic hydroxyl groups is 1. The molecule has 7 N–H and O–H groups in total. The number of amides is 3. The molecule has 8 nitrogen and oxygen atoms in total. The number of rotatable bonds is 10. The first-order chi connectivity index (χ1) is 16.3. The number of nitrogens with one attached hydrogen (secondary N) is 2. The molecule has 0 fully saturated rings. The summed E-state index contributed by atoms with van der Waals surface area (Å²) in [6.07, 6.45) is 0.559. The Morgan fingerprint density at radius 3 is 2.06 bits per heavy atom. The molecule has 0 heterocycles. The van der Waals surface area contributed by atoms with Crippen molar-refractivity contribution in [3.63, 3.8) is 0 Å². The van der Waals surface area contributed by atoms with Crippen molar-refractivity contribution in [2.75, 3.05) is 0 Å². The largest absolute Gasteiger partial charge is 0.508 e. The van der Waals surface area contributed by atoms with Crippen LogP contribution in [0.2, 0.25) is 0 Å². The Morgan fingerprint density at radius 1 is 0.943 bits per heavy atom. The molecule has 0 spiro atoms. The van der Waals surface area contributed by atoms with Crippen LogP contribution < -0.4 is 22.1 Å². The first-order valence-corrected chi connectivity index (χ1v) is 11.5. The number of halogens is 1. The van der Waals surface area contributed by atoms with E-state index in [0.29, 0.717) is 11.1 Å². The van der Waals surface area contributed by atoms with Gasteiger partial charge in [-0.1, -0.05) is 52.0 Å². The smallest absolute Gasteiger partial charge is 0.243 e. The van der Waals surface area contributed by atoms with Crippen LogP contribution >= 0.6 is 0 Å². The number of primary amides is 1. The zero-order valence-corrected chi connectivity index (χ0v) is 20.6. The third-order valence-corrected chi connectivity index (χ3v) is 5.72. The van der Waals surface area contributed by atoms with Gasteiger partial charge in [0.2, 0.25) is 17.7 Å². The van der Waals surface area contributed by atoms with E-state index >= 15 is 0 Å². The lowest BCUT2D eigenvalue weighted by Gasteiger charge is -2.24. The molecule has 3 amide bonds. The van der Waals surface area contributed by atoms with Crippen LogP contribution in [0.15, 0.2) is 42.5 Å². The molecule has 2 rings (SSSR count). The molecule has 190 valence electrons. The first-order valence-electron chi connectivity index (χ1n) is 11.5. The number of carbonyl (C=O) groups is 3. The Labute approximate surface area is 205 Å². The monoisotopic (exact) mass is 486 g/mol. The van der Waals surface area contributed by atoms with Gasteiger partial charge in [-0.2, -0.15) is 0 Å². The second kappa shape index (κ2) is 11.8. The quantitative estimate of drug-likeness (QED) is 0.347. The SMILES string of the molecule is CC[C@@H](NC(=O)C(N)Cc1ccc(F)cc1)C(=O)N[C@@H](Cc1ccc(O)c(C(C)(C)C)c1)C(N)=O. The summed E-state index contributed by atoms with van der Waals surface area (Å²) in [5, 5.41) is 15.4. The van der Waals surface area contributed by atoms with Gasteiger partial charge in [0.1, 0.15) is 23.7 Å². The third kappa shape index (κ3) is 8.06. The van der Waals surface area contributed by atoms with E-state index in [1.807, 2.05) is 20.8 Å². The average molecular weight is 487 g/mol. The van der Waals surface area contributed by atoms with E-state index in [1.165, 1.54) is 12.1 Å². The van der Waals surface area contributed by atoms with Crippen LogP contribution in [0.3, 0.4) is 0 Å². The van der Waals surface area contributed by atoms with E-state index in [9.17, 15) is 23.9 Å². The van der Waals surface area contributed by atoms with Gasteiger partial charge < -0.3 is 27.2 Å². The van der Waals surface area contributed by atoms with Crippen molar-refractivity contribution in [3.8, 4) is 5.75 Å². The van der Waals surface area contributed by atoms with Crippen LogP contribution in [0.1, 0.15) is 50.8 Å². The molecule has 1 unspecified atom stereocenters. The van der Waals surface area contributed by atoms with Crippen molar-refractivity contribution in [2.24, 2.45) is 11.5 Å². The van der Waals surface area contributed by atoms with Crippen molar-refractivity contribution < 1.29 is 23.9 Å². The molecule has 9 heteroatoms. The minimum atomic E-state index is -1.02. The number of phenols is 1. The van der Waals surface area contributed by atoms with Crippen LogP contribution in [-0.2, 0) is 32.6 Å². The van der Waals surface area contributed by atoms with Crippen molar-refractivity contribution in [2.45, 2.75) is 70.5 Å². The molecule has 0 bridgehead atoms. The van der Waals surface area contributed by atoms with Gasteiger partial charge in [-0.05, 0) is 53.1 Å². The Morgan fingerprint density at radius 2 is 1.51 bits per heavy atom. The molecule has 0 aliphatic carbocycles. The highest BCUT2D eigenvalue weighted by Gasteiger charge is 2.27. The summed E-state index contributed by atoms with van der Waals surface area (Å²) in [5.74, 6) is -2.07. The maximum Gasteiger partial charge on any atom is 0.243 e. The van der Waals surface area contributed by atoms with Crippen LogP contribution in [-0.4, -0.2) is 41.0 Å². The average Bonchev–Trinajstić information content (AvgIpc) is 2.78. The number of hydrogen-bond donors (Lipinski definition) is 5. The highest BCUT2D eigenvalue weighted by Crippen LogP contribution is 2.31. The Hall–Kier alpha value is -3.46. The van der Waals surface area contributed by atoms with Crippen LogP contribution in [0.4, 0.5) is 4.39 Å². The van der Waals surface area contributed by atoms with E-state index in [1.54, 1.807) is 37.3 Å². The molecular formula is C26H35FN4O4. The molecule has 0 radical (unpaired) electrons. The lowest BCUT2D eigenvalue weighted by Crippen LogP contribution is -2.55. The fraction of sp³-hybridized carbons (Fsp3) is 0.423. The van der Waals surface area contributed by atoms with Crippen molar-refractivity contribution in [1.82, 2.24) is 10.6 Å². The van der Waals surface area contributed by atoms with Gasteiger partial charge in [0, 0.05) is 6.42 Å². The van der Waals surface area contributed by atoms with Crippen molar-refractivity contribution in [1.29, 1.82) is 0 Å². The zero-order valence-electron chi connectivity index (χ0n) is 20.6. The minimum absolute atomic E-state index is 0.124. The second-order valence-electron chi connectivity index (χ2n) is 9.68. The Bertz CT molecular complexity index is 1050. The van der Waals surface area contributed by atoms with E-state index in [-0.39, 0.29) is 36.2 Å². The second-order valence-corrected chi connectivity index (χ2v) is 9.68. The van der Waals surface area contributed by atoms with Crippen LogP contribution in [0.5, 0.6) is 5.75 Å². The molecule has 2 aromatic rings. The highest BCUT2D eigenvalue weighted by molar-refractivity contribution is 5.92. The van der Waals surface area contributed by atoms with Gasteiger partial charge in [0.25, 0.3) is 0 Å². The lowest BCUT2D eigenvalue weighted by molar-refractivity contribution is -0.131. The van der Waals surface area contributed by atoms with E-state index in [0.717, 1.165) is 5.56 Å². The Kier molecular flexibility index (Phi) is 9.36. The summed E-state index contributed by atoms with van der Waals surface area (Å²) in [7, 11) is 0. The Balaban J connectivity index is 2.05. The molecular weight excluding hydrogens is 451 g/mol. The molecule has 2 aromatic carbocycles. The predicted molar refractivity (Wildman–Crippen MR) is 132 cm³/mol. The topological polar surface area (TPSA) is 148 Å². The van der Waals surface area contributed by atoms with Crippen molar-refractivity contribution in [3.05, 3.63) is 65.0 Å². The van der Waals surface area contributed by atoms with Crippen molar-refractivity contribution >= 4 is 17.7 Å². The number of carbonyl (C=O) groups excluding carboxylic acids is 3. The van der Waals surface area contributed by atoms with Gasteiger partial charge in [0.15, 0.2) is 0 Å². The van der Waals surface area contributed by atoms with Gasteiger partial charge >= 0.3 is 0 Å². The van der Waals surface area contributed by atoms with Crippen LogP contribution in [0.25, 0.3) is 0 Å². The summed E-state index contributed by atoms with van der Waals surface area (Å²) < 4.78 is 13.1. The van der Waals surface area contributed by atoms with Gasteiger partial charge in [-0.15, -0.1) is 0 Å². The maximum absolute atomic E-state index is 13.1. The fourth-order valence-electron chi connectivity index (χ4n) is 3.64. The molecule has 0 aromatic heterocycles. The predicted octanol–water partition coefficient (Wildman–Crippen LogP) is 1.81. The lowest BCUT2D eigenvalue weighted by atomic mass is 9.84. The van der Waals surface area contributed by atoms with E-state index in [4.69, 9.17) is 11.5 Å². The number of nitrogens with two attached hydrogens (primary N) is 2. The maximum atomic E-state index is 13.1. The number of phenolic OH excluding ortho intramolecular Hbond substituents is 1. The summed E-state index contributed by atoms with van der Waals surface area (Å²) in [6.45, 7) is 7.57. The van der Waals surface area contributed by atoms with Gasteiger partial charge in [-0.25, -0.2) is 4.39 Å². The van der Waals surface area contributed by atoms with Gasteiger partial charge in [-0.3, -0.25) is 14.4 Å². The van der Waals surface area contributed by atoms with E-state index < -0.39 is 35.8 Å². The summed E-state index contributed by atoms with van der Waals surface area (Å²) in [4.78, 5) is 37.5. The summed E-state index contributed by atoms with van der Waals surface area (Å²) in [5.41, 5.74) is 13.3. The summed E-state index contributed by atoms with van der Waals surface area (Å²) in [6, 6.07) is 7.76. The third-order valence-electron chi connectivity index (χ3n) is 5.72. The van der Waals surface area contributed by atoms with E-state index in [2.05, 4.69) is 10.6 Å². The number of benzene rings is 2. The van der Waals surface area contributed by atoms with Crippen LogP contribution in [0, 0.1) is 5.82 Å². The standard InChI is InChI=1S/C26H35FN4O4/c1-5-20(30-24(34)19(28)13-15-6-9-17(27)10-7-15)25(35)31-21(23(29)33)14-16-8-11-22(32)18(12-16)26(2,3)4/h6-12,19-21,32H,5,13-14,28H2,1-4H3,(H2,29,33)(H,30,34)(H,31,35)/t19?,20-,21+/m1/s1. The first kappa shape index (κ1) is 27.8.